The average molecular weight is 279 g/mol. The highest BCUT2D eigenvalue weighted by Crippen LogP contribution is 2.26. The molecule has 1 aromatic heterocycles. The molecule has 1 N–H and O–H groups in total. The quantitative estimate of drug-likeness (QED) is 0.839. The monoisotopic (exact) mass is 279 g/mol. The minimum atomic E-state index is 0.548. The summed E-state index contributed by atoms with van der Waals surface area (Å²) in [5.41, 5.74) is 0.897. The third-order valence-electron chi connectivity index (χ3n) is 4.16. The summed E-state index contributed by atoms with van der Waals surface area (Å²) in [7, 11) is 3.25. The molecule has 0 aliphatic heterocycles. The van der Waals surface area contributed by atoms with Crippen LogP contribution in [-0.2, 0) is 6.54 Å². The fourth-order valence-corrected chi connectivity index (χ4v) is 2.91. The van der Waals surface area contributed by atoms with Crippen molar-refractivity contribution in [2.75, 3.05) is 14.2 Å². The van der Waals surface area contributed by atoms with Crippen LogP contribution >= 0.6 is 0 Å². The maximum atomic E-state index is 5.31. The largest absolute Gasteiger partial charge is 0.481 e. The Morgan fingerprint density at radius 1 is 1.10 bits per heavy atom. The first-order valence-electron chi connectivity index (χ1n) is 7.41. The van der Waals surface area contributed by atoms with Crippen molar-refractivity contribution in [2.24, 2.45) is 5.92 Å². The van der Waals surface area contributed by atoms with Crippen molar-refractivity contribution in [2.45, 2.75) is 51.6 Å². The molecule has 5 heteroatoms. The lowest BCUT2D eigenvalue weighted by Gasteiger charge is -2.23. The number of nitrogens with one attached hydrogen (secondary N) is 1. The number of nitrogens with zero attached hydrogens (tertiary/aromatic N) is 2. The van der Waals surface area contributed by atoms with E-state index in [-0.39, 0.29) is 0 Å². The average Bonchev–Trinajstić information content (AvgIpc) is 2.69. The Morgan fingerprint density at radius 3 is 2.40 bits per heavy atom. The van der Waals surface area contributed by atoms with E-state index in [0.717, 1.165) is 5.56 Å². The molecule has 2 atom stereocenters. The molecule has 0 saturated heterocycles. The molecule has 1 fully saturated rings. The molecule has 0 bridgehead atoms. The number of hydrogen-bond donors (Lipinski definition) is 1. The summed E-state index contributed by atoms with van der Waals surface area (Å²) in [6, 6.07) is 0.548. The van der Waals surface area contributed by atoms with Crippen LogP contribution in [0.4, 0.5) is 0 Å². The smallest absolute Gasteiger partial charge is 0.224 e. The van der Waals surface area contributed by atoms with Gasteiger partial charge in [0, 0.05) is 12.6 Å². The first-order valence-corrected chi connectivity index (χ1v) is 7.41. The molecule has 1 heterocycles. The van der Waals surface area contributed by atoms with Gasteiger partial charge in [-0.05, 0) is 18.8 Å². The lowest BCUT2D eigenvalue weighted by Crippen LogP contribution is -2.34. The van der Waals surface area contributed by atoms with Gasteiger partial charge in [0.05, 0.1) is 19.8 Å². The number of hydrogen-bond acceptors (Lipinski definition) is 5. The second kappa shape index (κ2) is 7.43. The van der Waals surface area contributed by atoms with E-state index < -0.39 is 0 Å². The molecule has 112 valence electrons. The van der Waals surface area contributed by atoms with Crippen molar-refractivity contribution < 1.29 is 9.47 Å². The van der Waals surface area contributed by atoms with Crippen molar-refractivity contribution in [3.8, 4) is 11.8 Å². The molecule has 0 radical (unpaired) electrons. The van der Waals surface area contributed by atoms with Gasteiger partial charge in [-0.3, -0.25) is 0 Å². The van der Waals surface area contributed by atoms with Crippen LogP contribution in [0.25, 0.3) is 0 Å². The minimum absolute atomic E-state index is 0.548. The Hall–Kier alpha value is -1.36. The molecular weight excluding hydrogens is 254 g/mol. The van der Waals surface area contributed by atoms with Crippen molar-refractivity contribution in [3.63, 3.8) is 0 Å². The topological polar surface area (TPSA) is 56.3 Å². The molecular formula is C15H25N3O2. The molecule has 0 amide bonds. The third kappa shape index (κ3) is 3.60. The van der Waals surface area contributed by atoms with Gasteiger partial charge in [-0.2, -0.15) is 0 Å². The zero-order chi connectivity index (χ0) is 14.4. The number of ether oxygens (including phenoxy) is 2. The van der Waals surface area contributed by atoms with Gasteiger partial charge in [0.2, 0.25) is 11.8 Å². The van der Waals surface area contributed by atoms with Crippen molar-refractivity contribution in [3.05, 3.63) is 11.9 Å². The number of aromatic nitrogens is 2. The Kier molecular flexibility index (Phi) is 5.59. The third-order valence-corrected chi connectivity index (χ3v) is 4.16. The second-order valence-electron chi connectivity index (χ2n) is 5.47. The molecule has 1 aromatic rings. The van der Waals surface area contributed by atoms with Gasteiger partial charge < -0.3 is 14.8 Å². The van der Waals surface area contributed by atoms with E-state index in [4.69, 9.17) is 9.47 Å². The summed E-state index contributed by atoms with van der Waals surface area (Å²) in [4.78, 5) is 8.31. The van der Waals surface area contributed by atoms with E-state index in [0.29, 0.717) is 30.3 Å². The van der Waals surface area contributed by atoms with E-state index in [1.165, 1.54) is 38.4 Å². The summed E-state index contributed by atoms with van der Waals surface area (Å²) in [5.74, 6) is 1.88. The molecule has 1 saturated carbocycles. The standard InChI is InChI=1S/C15H25N3O2/c1-11-7-5-4-6-8-13(11)16-9-12-14(19-2)17-10-18-15(12)20-3/h10-11,13,16H,4-9H2,1-3H3. The molecule has 0 spiro atoms. The number of rotatable bonds is 5. The lowest BCUT2D eigenvalue weighted by molar-refractivity contribution is 0.333. The first kappa shape index (κ1) is 15.0. The molecule has 1 aliphatic carbocycles. The maximum Gasteiger partial charge on any atom is 0.224 e. The minimum Gasteiger partial charge on any atom is -0.481 e. The van der Waals surface area contributed by atoms with Crippen molar-refractivity contribution in [1.82, 2.24) is 15.3 Å². The maximum absolute atomic E-state index is 5.31. The van der Waals surface area contributed by atoms with E-state index in [9.17, 15) is 0 Å². The molecule has 1 aliphatic rings. The lowest BCUT2D eigenvalue weighted by atomic mass is 9.97. The highest BCUT2D eigenvalue weighted by atomic mass is 16.5. The first-order chi connectivity index (χ1) is 9.76. The van der Waals surface area contributed by atoms with Gasteiger partial charge in [-0.25, -0.2) is 9.97 Å². The van der Waals surface area contributed by atoms with E-state index >= 15 is 0 Å². The van der Waals surface area contributed by atoms with Gasteiger partial charge >= 0.3 is 0 Å². The van der Waals surface area contributed by atoms with Crippen LogP contribution in [0.15, 0.2) is 6.33 Å². The normalized spacial score (nSPS) is 23.1. The van der Waals surface area contributed by atoms with Gasteiger partial charge in [0.1, 0.15) is 6.33 Å². The molecule has 20 heavy (non-hydrogen) atoms. The van der Waals surface area contributed by atoms with Crippen LogP contribution in [0.5, 0.6) is 11.8 Å². The molecule has 5 nitrogen and oxygen atoms in total. The Labute approximate surface area is 121 Å². The molecule has 2 rings (SSSR count). The highest BCUT2D eigenvalue weighted by Gasteiger charge is 2.21. The van der Waals surface area contributed by atoms with E-state index in [1.54, 1.807) is 14.2 Å². The van der Waals surface area contributed by atoms with Crippen molar-refractivity contribution >= 4 is 0 Å². The predicted molar refractivity (Wildman–Crippen MR) is 78.0 cm³/mol. The molecule has 0 aromatic carbocycles. The zero-order valence-electron chi connectivity index (χ0n) is 12.7. The van der Waals surface area contributed by atoms with Gasteiger partial charge in [-0.1, -0.05) is 26.2 Å². The summed E-state index contributed by atoms with van der Waals surface area (Å²) in [6.45, 7) is 3.02. The van der Waals surface area contributed by atoms with Gasteiger partial charge in [0.25, 0.3) is 0 Å². The summed E-state index contributed by atoms with van der Waals surface area (Å²) >= 11 is 0. The highest BCUT2D eigenvalue weighted by molar-refractivity contribution is 5.34. The van der Waals surface area contributed by atoms with Crippen LogP contribution < -0.4 is 14.8 Å². The fraction of sp³-hybridized carbons (Fsp3) is 0.733. The summed E-state index contributed by atoms with van der Waals surface area (Å²) in [5, 5.41) is 3.64. The Balaban J connectivity index is 2.05. The van der Waals surface area contributed by atoms with Gasteiger partial charge in [-0.15, -0.1) is 0 Å². The second-order valence-corrected chi connectivity index (χ2v) is 5.47. The van der Waals surface area contributed by atoms with Crippen LogP contribution in [0.3, 0.4) is 0 Å². The van der Waals surface area contributed by atoms with E-state index in [1.807, 2.05) is 0 Å². The fourth-order valence-electron chi connectivity index (χ4n) is 2.91. The predicted octanol–water partition coefficient (Wildman–Crippen LogP) is 2.55. The summed E-state index contributed by atoms with van der Waals surface area (Å²) < 4.78 is 10.6. The van der Waals surface area contributed by atoms with Gasteiger partial charge in [0.15, 0.2) is 0 Å². The Morgan fingerprint density at radius 2 is 1.75 bits per heavy atom. The van der Waals surface area contributed by atoms with Crippen LogP contribution in [0.2, 0.25) is 0 Å². The SMILES string of the molecule is COc1ncnc(OC)c1CNC1CCCCCC1C. The molecule has 2 unspecified atom stereocenters. The van der Waals surface area contributed by atoms with Crippen LogP contribution in [0.1, 0.15) is 44.6 Å². The van der Waals surface area contributed by atoms with Crippen molar-refractivity contribution in [1.29, 1.82) is 0 Å². The number of methoxy groups -OCH3 is 2. The van der Waals surface area contributed by atoms with E-state index in [2.05, 4.69) is 22.2 Å². The van der Waals surface area contributed by atoms with Crippen LogP contribution in [0, 0.1) is 5.92 Å². The zero-order valence-corrected chi connectivity index (χ0v) is 12.7. The summed E-state index contributed by atoms with van der Waals surface area (Å²) in [6.07, 6.45) is 8.01. The van der Waals surface area contributed by atoms with Crippen LogP contribution in [-0.4, -0.2) is 30.2 Å². The Bertz CT molecular complexity index is 403.